The van der Waals surface area contributed by atoms with Crippen molar-refractivity contribution in [2.75, 3.05) is 0 Å². The number of carbonyl (C=O) groups is 1. The Hall–Kier alpha value is -2.62. The highest BCUT2D eigenvalue weighted by Crippen LogP contribution is 2.15. The zero-order valence-electron chi connectivity index (χ0n) is 11.3. The minimum atomic E-state index is -1.02. The van der Waals surface area contributed by atoms with Gasteiger partial charge in [-0.2, -0.15) is 4.68 Å². The normalized spacial score (nSPS) is 10.7. The van der Waals surface area contributed by atoms with Crippen LogP contribution in [0.15, 0.2) is 39.4 Å². The largest absolute Gasteiger partial charge is 0.444 e. The van der Waals surface area contributed by atoms with E-state index in [1.807, 2.05) is 0 Å². The molecule has 0 fully saturated rings. The lowest BCUT2D eigenvalue weighted by Gasteiger charge is -2.06. The average Bonchev–Trinajstić information content (AvgIpc) is 3.16. The zero-order valence-corrected chi connectivity index (χ0v) is 12.9. The first-order valence-electron chi connectivity index (χ1n) is 6.31. The Balaban J connectivity index is 1.76. The van der Waals surface area contributed by atoms with Crippen LogP contribution >= 0.6 is 15.9 Å². The van der Waals surface area contributed by atoms with Crippen molar-refractivity contribution in [3.8, 4) is 5.69 Å². The fourth-order valence-corrected chi connectivity index (χ4v) is 2.12. The van der Waals surface area contributed by atoms with Crippen LogP contribution in [0.5, 0.6) is 0 Å². The molecule has 3 aromatic rings. The molecular formula is C13H8BrF2N5O2. The van der Waals surface area contributed by atoms with Gasteiger partial charge in [-0.3, -0.25) is 4.79 Å². The van der Waals surface area contributed by atoms with Gasteiger partial charge in [0.2, 0.25) is 0 Å². The topological polar surface area (TPSA) is 85.8 Å². The maximum atomic E-state index is 13.3. The van der Waals surface area contributed by atoms with Crippen molar-refractivity contribution in [3.63, 3.8) is 0 Å². The molecule has 7 nitrogen and oxygen atoms in total. The first-order valence-corrected chi connectivity index (χ1v) is 7.10. The third-order valence-corrected chi connectivity index (χ3v) is 3.31. The lowest BCUT2D eigenvalue weighted by molar-refractivity contribution is 0.0920. The summed E-state index contributed by atoms with van der Waals surface area (Å²) in [5.74, 6) is -2.09. The summed E-state index contributed by atoms with van der Waals surface area (Å²) in [6, 6.07) is 6.33. The van der Waals surface area contributed by atoms with Gasteiger partial charge in [0.1, 0.15) is 0 Å². The van der Waals surface area contributed by atoms with Crippen molar-refractivity contribution in [1.29, 1.82) is 0 Å². The third-order valence-electron chi connectivity index (χ3n) is 2.89. The van der Waals surface area contributed by atoms with Crippen LogP contribution in [0.2, 0.25) is 0 Å². The molecule has 0 unspecified atom stereocenters. The first-order chi connectivity index (χ1) is 11.0. The van der Waals surface area contributed by atoms with Crippen LogP contribution in [0, 0.1) is 11.6 Å². The van der Waals surface area contributed by atoms with Crippen molar-refractivity contribution < 1.29 is 18.0 Å². The molecule has 0 saturated heterocycles. The van der Waals surface area contributed by atoms with Crippen LogP contribution in [0.25, 0.3) is 5.69 Å². The summed E-state index contributed by atoms with van der Waals surface area (Å²) in [6.07, 6.45) is 0. The summed E-state index contributed by atoms with van der Waals surface area (Å²) in [6.45, 7) is -0.0247. The Morgan fingerprint density at radius 1 is 1.26 bits per heavy atom. The van der Waals surface area contributed by atoms with E-state index in [9.17, 15) is 13.6 Å². The number of nitrogens with zero attached hydrogens (tertiary/aromatic N) is 4. The molecule has 0 bridgehead atoms. The van der Waals surface area contributed by atoms with Gasteiger partial charge in [-0.05, 0) is 50.6 Å². The van der Waals surface area contributed by atoms with Crippen LogP contribution in [0.3, 0.4) is 0 Å². The highest BCUT2D eigenvalue weighted by Gasteiger charge is 2.14. The molecule has 10 heteroatoms. The predicted octanol–water partition coefficient (Wildman–Crippen LogP) is 2.23. The van der Waals surface area contributed by atoms with E-state index in [1.54, 1.807) is 6.07 Å². The number of carbonyl (C=O) groups excluding carboxylic acids is 1. The van der Waals surface area contributed by atoms with Gasteiger partial charge >= 0.3 is 0 Å². The number of rotatable bonds is 4. The molecule has 1 N–H and O–H groups in total. The van der Waals surface area contributed by atoms with Crippen LogP contribution < -0.4 is 5.32 Å². The van der Waals surface area contributed by atoms with Crippen LogP contribution in [0.1, 0.15) is 16.4 Å². The zero-order chi connectivity index (χ0) is 16.4. The summed E-state index contributed by atoms with van der Waals surface area (Å²) in [4.78, 5) is 11.9. The fraction of sp³-hybridized carbons (Fsp3) is 0.0769. The molecule has 0 saturated carbocycles. The number of hydrogen-bond acceptors (Lipinski definition) is 5. The quantitative estimate of drug-likeness (QED) is 0.746. The van der Waals surface area contributed by atoms with E-state index in [0.717, 1.165) is 12.1 Å². The first kappa shape index (κ1) is 15.3. The highest BCUT2D eigenvalue weighted by atomic mass is 79.9. The third kappa shape index (κ3) is 3.26. The van der Waals surface area contributed by atoms with Crippen molar-refractivity contribution in [2.24, 2.45) is 0 Å². The van der Waals surface area contributed by atoms with Crippen molar-refractivity contribution in [2.45, 2.75) is 6.54 Å². The van der Waals surface area contributed by atoms with Crippen LogP contribution in [-0.4, -0.2) is 26.1 Å². The molecule has 0 spiro atoms. The second kappa shape index (κ2) is 6.24. The molecule has 0 aliphatic carbocycles. The fourth-order valence-electron chi connectivity index (χ4n) is 1.82. The molecule has 3 rings (SSSR count). The molecule has 23 heavy (non-hydrogen) atoms. The molecule has 0 aliphatic heterocycles. The van der Waals surface area contributed by atoms with E-state index in [0.29, 0.717) is 4.67 Å². The van der Waals surface area contributed by atoms with E-state index in [1.165, 1.54) is 16.8 Å². The number of aromatic nitrogens is 4. The Bertz CT molecular complexity index is 864. The number of nitrogens with one attached hydrogen (secondary N) is 1. The number of amides is 1. The van der Waals surface area contributed by atoms with Gasteiger partial charge < -0.3 is 9.73 Å². The van der Waals surface area contributed by atoms with Crippen LogP contribution in [0.4, 0.5) is 8.78 Å². The van der Waals surface area contributed by atoms with Gasteiger partial charge in [0, 0.05) is 6.07 Å². The molecule has 1 aromatic carbocycles. The average molecular weight is 384 g/mol. The van der Waals surface area contributed by atoms with Crippen molar-refractivity contribution in [3.05, 3.63) is 58.2 Å². The predicted molar refractivity (Wildman–Crippen MR) is 76.6 cm³/mol. The van der Waals surface area contributed by atoms with Gasteiger partial charge in [-0.1, -0.05) is 0 Å². The Labute approximate surface area is 136 Å². The Morgan fingerprint density at radius 2 is 2.09 bits per heavy atom. The second-order valence-electron chi connectivity index (χ2n) is 4.39. The molecule has 0 radical (unpaired) electrons. The standard InChI is InChI=1S/C13H8BrF2N5O2/c14-11-4-3-10(23-11)13(22)17-6-12-18-19-20-21(12)7-1-2-8(15)9(16)5-7/h1-5H,6H2,(H,17,22). The van der Waals surface area contributed by atoms with E-state index in [4.69, 9.17) is 4.42 Å². The highest BCUT2D eigenvalue weighted by molar-refractivity contribution is 9.10. The van der Waals surface area contributed by atoms with Gasteiger partial charge in [0.25, 0.3) is 5.91 Å². The lowest BCUT2D eigenvalue weighted by Crippen LogP contribution is -2.24. The van der Waals surface area contributed by atoms with Gasteiger partial charge in [-0.25, -0.2) is 8.78 Å². The lowest BCUT2D eigenvalue weighted by atomic mass is 10.3. The maximum absolute atomic E-state index is 13.3. The molecular weight excluding hydrogens is 376 g/mol. The Kier molecular flexibility index (Phi) is 4.15. The van der Waals surface area contributed by atoms with E-state index >= 15 is 0 Å². The van der Waals surface area contributed by atoms with Gasteiger partial charge in [-0.15, -0.1) is 5.10 Å². The number of tetrazole rings is 1. The smallest absolute Gasteiger partial charge is 0.287 e. The molecule has 118 valence electrons. The molecule has 0 atom stereocenters. The summed E-state index contributed by atoms with van der Waals surface area (Å²) in [7, 11) is 0. The van der Waals surface area contributed by atoms with Crippen LogP contribution in [-0.2, 0) is 6.54 Å². The summed E-state index contributed by atoms with van der Waals surface area (Å²) < 4.78 is 33.0. The minimum Gasteiger partial charge on any atom is -0.444 e. The monoisotopic (exact) mass is 383 g/mol. The second-order valence-corrected chi connectivity index (χ2v) is 5.17. The number of benzene rings is 1. The number of halogens is 3. The molecule has 2 heterocycles. The Morgan fingerprint density at radius 3 is 2.78 bits per heavy atom. The summed E-state index contributed by atoms with van der Waals surface area (Å²) in [5, 5.41) is 13.5. The molecule has 0 aliphatic rings. The summed E-state index contributed by atoms with van der Waals surface area (Å²) >= 11 is 3.10. The van der Waals surface area contributed by atoms with E-state index in [-0.39, 0.29) is 23.8 Å². The van der Waals surface area contributed by atoms with Crippen molar-refractivity contribution in [1.82, 2.24) is 25.5 Å². The number of hydrogen-bond donors (Lipinski definition) is 1. The minimum absolute atomic E-state index is 0.0247. The van der Waals surface area contributed by atoms with Gasteiger partial charge in [0.15, 0.2) is 27.9 Å². The van der Waals surface area contributed by atoms with Gasteiger partial charge in [0.05, 0.1) is 12.2 Å². The summed E-state index contributed by atoms with van der Waals surface area (Å²) in [5.41, 5.74) is 0.235. The van der Waals surface area contributed by atoms with Crippen molar-refractivity contribution >= 4 is 21.8 Å². The molecule has 2 aromatic heterocycles. The maximum Gasteiger partial charge on any atom is 0.287 e. The SMILES string of the molecule is O=C(NCc1nnnn1-c1ccc(F)c(F)c1)c1ccc(Br)o1. The van der Waals surface area contributed by atoms with E-state index in [2.05, 4.69) is 36.8 Å². The molecule has 1 amide bonds. The van der Waals surface area contributed by atoms with E-state index < -0.39 is 17.5 Å². The number of furan rings is 1.